The predicted octanol–water partition coefficient (Wildman–Crippen LogP) is 2.88. The third-order valence-corrected chi connectivity index (χ3v) is 3.66. The van der Waals surface area contributed by atoms with E-state index in [-0.39, 0.29) is 12.6 Å². The average molecular weight is 342 g/mol. The highest BCUT2D eigenvalue weighted by Crippen LogP contribution is 2.22. The monoisotopic (exact) mass is 341 g/mol. The van der Waals surface area contributed by atoms with Gasteiger partial charge in [0.1, 0.15) is 0 Å². The van der Waals surface area contributed by atoms with Crippen molar-refractivity contribution in [3.05, 3.63) is 64.7 Å². The molecule has 24 heavy (non-hydrogen) atoms. The smallest absolute Gasteiger partial charge is 0.228 e. The third kappa shape index (κ3) is 3.79. The van der Waals surface area contributed by atoms with E-state index in [1.807, 2.05) is 48.5 Å². The number of nitrogens with two attached hydrogens (primary N) is 1. The van der Waals surface area contributed by atoms with Crippen LogP contribution in [0, 0.1) is 0 Å². The molecule has 0 saturated carbocycles. The van der Waals surface area contributed by atoms with Crippen LogP contribution in [-0.4, -0.2) is 20.1 Å². The van der Waals surface area contributed by atoms with E-state index in [4.69, 9.17) is 17.3 Å². The summed E-state index contributed by atoms with van der Waals surface area (Å²) in [6.07, 6.45) is 0. The van der Waals surface area contributed by atoms with E-state index in [9.17, 15) is 5.11 Å². The summed E-state index contributed by atoms with van der Waals surface area (Å²) in [7, 11) is 0. The lowest BCUT2D eigenvalue weighted by molar-refractivity contribution is 0.282. The molecule has 0 unspecified atom stereocenters. The van der Waals surface area contributed by atoms with Gasteiger partial charge in [-0.3, -0.25) is 0 Å². The molecule has 3 rings (SSSR count). The Bertz CT molecular complexity index is 856. The van der Waals surface area contributed by atoms with Crippen molar-refractivity contribution in [1.82, 2.24) is 15.0 Å². The van der Waals surface area contributed by atoms with Gasteiger partial charge in [0.15, 0.2) is 5.82 Å². The molecule has 0 bridgehead atoms. The maximum absolute atomic E-state index is 9.47. The van der Waals surface area contributed by atoms with E-state index < -0.39 is 0 Å². The molecule has 4 N–H and O–H groups in total. The zero-order chi connectivity index (χ0) is 16.9. The van der Waals surface area contributed by atoms with Crippen LogP contribution < -0.4 is 11.1 Å². The molecule has 1 heterocycles. The molecule has 0 radical (unpaired) electrons. The van der Waals surface area contributed by atoms with Crippen LogP contribution in [0.1, 0.15) is 11.1 Å². The number of rotatable bonds is 5. The lowest BCUT2D eigenvalue weighted by Crippen LogP contribution is -2.08. The minimum absolute atomic E-state index is 0.104. The van der Waals surface area contributed by atoms with Gasteiger partial charge >= 0.3 is 0 Å². The lowest BCUT2D eigenvalue weighted by Gasteiger charge is -2.09. The van der Waals surface area contributed by atoms with Gasteiger partial charge in [-0.2, -0.15) is 15.0 Å². The van der Waals surface area contributed by atoms with Crippen LogP contribution >= 0.6 is 11.6 Å². The van der Waals surface area contributed by atoms with Crippen LogP contribution in [0.3, 0.4) is 0 Å². The summed E-state index contributed by atoms with van der Waals surface area (Å²) in [5.41, 5.74) is 8.24. The Morgan fingerprint density at radius 2 is 1.88 bits per heavy atom. The molecule has 0 aliphatic heterocycles. The maximum atomic E-state index is 9.47. The quantitative estimate of drug-likeness (QED) is 0.660. The summed E-state index contributed by atoms with van der Waals surface area (Å²) in [4.78, 5) is 12.7. The van der Waals surface area contributed by atoms with Gasteiger partial charge in [-0.05, 0) is 23.3 Å². The van der Waals surface area contributed by atoms with Crippen LogP contribution in [0.25, 0.3) is 11.4 Å². The number of aliphatic hydroxyl groups is 1. The van der Waals surface area contributed by atoms with Crippen molar-refractivity contribution in [2.45, 2.75) is 13.2 Å². The fourth-order valence-corrected chi connectivity index (χ4v) is 2.51. The number of hydrogen-bond acceptors (Lipinski definition) is 6. The Labute approximate surface area is 144 Å². The normalized spacial score (nSPS) is 10.6. The molecule has 6 nitrogen and oxygen atoms in total. The second kappa shape index (κ2) is 7.25. The zero-order valence-electron chi connectivity index (χ0n) is 12.8. The molecule has 2 aromatic carbocycles. The van der Waals surface area contributed by atoms with Crippen molar-refractivity contribution in [1.29, 1.82) is 0 Å². The molecule has 0 aliphatic rings. The van der Waals surface area contributed by atoms with Crippen LogP contribution in [0.15, 0.2) is 48.5 Å². The minimum Gasteiger partial charge on any atom is -0.392 e. The first-order valence-corrected chi connectivity index (χ1v) is 7.72. The van der Waals surface area contributed by atoms with E-state index in [1.165, 1.54) is 0 Å². The first kappa shape index (κ1) is 16.2. The predicted molar refractivity (Wildman–Crippen MR) is 94.4 cm³/mol. The Balaban J connectivity index is 1.86. The van der Waals surface area contributed by atoms with E-state index >= 15 is 0 Å². The molecule has 122 valence electrons. The fraction of sp³-hybridized carbons (Fsp3) is 0.118. The minimum atomic E-state index is -0.104. The largest absolute Gasteiger partial charge is 0.392 e. The summed E-state index contributed by atoms with van der Waals surface area (Å²) in [6, 6.07) is 14.9. The van der Waals surface area contributed by atoms with Gasteiger partial charge in [0, 0.05) is 17.1 Å². The van der Waals surface area contributed by atoms with Crippen molar-refractivity contribution in [3.8, 4) is 11.4 Å². The first-order valence-electron chi connectivity index (χ1n) is 7.34. The highest BCUT2D eigenvalue weighted by atomic mass is 35.5. The van der Waals surface area contributed by atoms with E-state index in [0.717, 1.165) is 16.7 Å². The summed E-state index contributed by atoms with van der Waals surface area (Å²) < 4.78 is 0. The Kier molecular flexibility index (Phi) is 4.88. The molecular weight excluding hydrogens is 326 g/mol. The van der Waals surface area contributed by atoms with Gasteiger partial charge in [-0.1, -0.05) is 48.0 Å². The third-order valence-electron chi connectivity index (χ3n) is 3.42. The molecule has 0 atom stereocenters. The highest BCUT2D eigenvalue weighted by Gasteiger charge is 2.10. The summed E-state index contributed by atoms with van der Waals surface area (Å²) >= 11 is 5.98. The van der Waals surface area contributed by atoms with Crippen molar-refractivity contribution < 1.29 is 5.11 Å². The number of benzene rings is 2. The Morgan fingerprint density at radius 3 is 2.67 bits per heavy atom. The van der Waals surface area contributed by atoms with Gasteiger partial charge in [-0.25, -0.2) is 0 Å². The Morgan fingerprint density at radius 1 is 1.04 bits per heavy atom. The van der Waals surface area contributed by atoms with Crippen LogP contribution in [0.2, 0.25) is 5.02 Å². The molecule has 3 aromatic rings. The fourth-order valence-electron chi connectivity index (χ4n) is 2.30. The number of aromatic nitrogens is 3. The molecule has 0 amide bonds. The van der Waals surface area contributed by atoms with E-state index in [1.54, 1.807) is 0 Å². The topological polar surface area (TPSA) is 97.0 Å². The second-order valence-electron chi connectivity index (χ2n) is 5.14. The van der Waals surface area contributed by atoms with Crippen LogP contribution in [-0.2, 0) is 13.2 Å². The highest BCUT2D eigenvalue weighted by molar-refractivity contribution is 6.30. The summed E-state index contributed by atoms with van der Waals surface area (Å²) in [6.45, 7) is 0.401. The van der Waals surface area contributed by atoms with Crippen LogP contribution in [0.5, 0.6) is 0 Å². The van der Waals surface area contributed by atoms with Gasteiger partial charge in [0.25, 0.3) is 0 Å². The number of hydrogen-bond donors (Lipinski definition) is 3. The van der Waals surface area contributed by atoms with Gasteiger partial charge in [-0.15, -0.1) is 0 Å². The molecule has 0 spiro atoms. The van der Waals surface area contributed by atoms with Crippen molar-refractivity contribution in [3.63, 3.8) is 0 Å². The van der Waals surface area contributed by atoms with E-state index in [0.29, 0.717) is 23.3 Å². The molecule has 1 aromatic heterocycles. The standard InChI is InChI=1S/C17H16ClN5O/c18-13-6-3-4-11(8-13)9-20-17-22-15(21-16(19)23-17)14-7-2-1-5-12(14)10-24/h1-8,24H,9-10H2,(H3,19,20,21,22,23). The van der Waals surface area contributed by atoms with Crippen LogP contribution in [0.4, 0.5) is 11.9 Å². The SMILES string of the molecule is Nc1nc(NCc2cccc(Cl)c2)nc(-c2ccccc2CO)n1. The maximum Gasteiger partial charge on any atom is 0.228 e. The molecule has 7 heteroatoms. The van der Waals surface area contributed by atoms with Gasteiger partial charge < -0.3 is 16.2 Å². The summed E-state index contributed by atoms with van der Waals surface area (Å²) in [5, 5.41) is 13.2. The van der Waals surface area contributed by atoms with Gasteiger partial charge in [0.05, 0.1) is 6.61 Å². The molecule has 0 fully saturated rings. The number of nitrogens with one attached hydrogen (secondary N) is 1. The van der Waals surface area contributed by atoms with Gasteiger partial charge in [0.2, 0.25) is 11.9 Å². The van der Waals surface area contributed by atoms with E-state index in [2.05, 4.69) is 20.3 Å². The summed E-state index contributed by atoms with van der Waals surface area (Å²) in [5.74, 6) is 0.896. The zero-order valence-corrected chi connectivity index (χ0v) is 13.5. The van der Waals surface area contributed by atoms with Crippen molar-refractivity contribution in [2.24, 2.45) is 0 Å². The molecule has 0 saturated heterocycles. The average Bonchev–Trinajstić information content (AvgIpc) is 2.59. The van der Waals surface area contributed by atoms with Crippen molar-refractivity contribution in [2.75, 3.05) is 11.1 Å². The van der Waals surface area contributed by atoms with Crippen molar-refractivity contribution >= 4 is 23.5 Å². The number of nitrogen functional groups attached to an aromatic ring is 1. The number of anilines is 2. The molecule has 0 aliphatic carbocycles. The lowest BCUT2D eigenvalue weighted by atomic mass is 10.1. The second-order valence-corrected chi connectivity index (χ2v) is 5.58. The Hall–Kier alpha value is -2.70. The molecular formula is C17H16ClN5O. The first-order chi connectivity index (χ1) is 11.7. The number of halogens is 1. The number of nitrogens with zero attached hydrogens (tertiary/aromatic N) is 3. The number of aliphatic hydroxyl groups excluding tert-OH is 1.